The van der Waals surface area contributed by atoms with Crippen LogP contribution in [0.3, 0.4) is 0 Å². The zero-order valence-electron chi connectivity index (χ0n) is 13.6. The lowest BCUT2D eigenvalue weighted by Crippen LogP contribution is -2.39. The highest BCUT2D eigenvalue weighted by atomic mass is 16.2. The van der Waals surface area contributed by atoms with Crippen LogP contribution in [-0.4, -0.2) is 12.5 Å². The van der Waals surface area contributed by atoms with Crippen molar-refractivity contribution in [1.29, 1.82) is 0 Å². The molecule has 2 aromatic carbocycles. The number of nitrogens with one attached hydrogen (secondary N) is 1. The van der Waals surface area contributed by atoms with Gasteiger partial charge >= 0.3 is 0 Å². The largest absolute Gasteiger partial charge is 0.374 e. The van der Waals surface area contributed by atoms with Gasteiger partial charge in [-0.05, 0) is 61.4 Å². The minimum atomic E-state index is 0.147. The molecule has 23 heavy (non-hydrogen) atoms. The fourth-order valence-electron chi connectivity index (χ4n) is 3.59. The summed E-state index contributed by atoms with van der Waals surface area (Å²) in [6.45, 7) is 3.12. The average molecular weight is 306 g/mol. The van der Waals surface area contributed by atoms with Crippen LogP contribution in [-0.2, 0) is 24.2 Å². The molecule has 1 aliphatic carbocycles. The molecule has 118 valence electrons. The van der Waals surface area contributed by atoms with Crippen molar-refractivity contribution in [3.05, 3.63) is 58.7 Å². The Bertz CT molecular complexity index is 749. The van der Waals surface area contributed by atoms with Crippen molar-refractivity contribution in [2.45, 2.75) is 39.2 Å². The predicted octanol–water partition coefficient (Wildman–Crippen LogP) is 3.83. The quantitative estimate of drug-likeness (QED) is 0.914. The minimum absolute atomic E-state index is 0.147. The van der Waals surface area contributed by atoms with Gasteiger partial charge in [-0.25, -0.2) is 0 Å². The summed E-state index contributed by atoms with van der Waals surface area (Å²) in [5, 5.41) is 3.30. The second kappa shape index (κ2) is 5.73. The lowest BCUT2D eigenvalue weighted by molar-refractivity contribution is -0.117. The highest BCUT2D eigenvalue weighted by Gasteiger charge is 2.26. The maximum Gasteiger partial charge on any atom is 0.246 e. The maximum atomic E-state index is 12.5. The second-order valence-corrected chi connectivity index (χ2v) is 6.66. The van der Waals surface area contributed by atoms with Crippen LogP contribution in [0.4, 0.5) is 11.4 Å². The van der Waals surface area contributed by atoms with Gasteiger partial charge in [-0.2, -0.15) is 0 Å². The second-order valence-electron chi connectivity index (χ2n) is 6.66. The van der Waals surface area contributed by atoms with Crippen LogP contribution >= 0.6 is 0 Å². The first-order valence-corrected chi connectivity index (χ1v) is 8.46. The average Bonchev–Trinajstić information content (AvgIpc) is 2.58. The first-order valence-electron chi connectivity index (χ1n) is 8.46. The van der Waals surface area contributed by atoms with Gasteiger partial charge in [0.15, 0.2) is 0 Å². The van der Waals surface area contributed by atoms with E-state index >= 15 is 0 Å². The summed E-state index contributed by atoms with van der Waals surface area (Å²) >= 11 is 0. The highest BCUT2D eigenvalue weighted by Crippen LogP contribution is 2.36. The first kappa shape index (κ1) is 14.3. The van der Waals surface area contributed by atoms with Crippen molar-refractivity contribution in [2.75, 3.05) is 16.8 Å². The number of anilines is 2. The molecule has 0 spiro atoms. The zero-order valence-corrected chi connectivity index (χ0v) is 13.6. The molecular formula is C20H22N2O. The lowest BCUT2D eigenvalue weighted by Gasteiger charge is -2.32. The van der Waals surface area contributed by atoms with Gasteiger partial charge in [-0.15, -0.1) is 0 Å². The molecule has 4 rings (SSSR count). The minimum Gasteiger partial charge on any atom is -0.374 e. The fourth-order valence-corrected chi connectivity index (χ4v) is 3.59. The van der Waals surface area contributed by atoms with Gasteiger partial charge in [0.2, 0.25) is 5.91 Å². The highest BCUT2D eigenvalue weighted by molar-refractivity contribution is 6.02. The summed E-state index contributed by atoms with van der Waals surface area (Å²) in [7, 11) is 0. The lowest BCUT2D eigenvalue weighted by atomic mass is 9.90. The Balaban J connectivity index is 1.70. The molecule has 1 aliphatic heterocycles. The van der Waals surface area contributed by atoms with E-state index in [9.17, 15) is 4.79 Å². The smallest absolute Gasteiger partial charge is 0.246 e. The molecule has 0 saturated carbocycles. The van der Waals surface area contributed by atoms with Gasteiger partial charge in [-0.3, -0.25) is 4.79 Å². The summed E-state index contributed by atoms with van der Waals surface area (Å²) in [4.78, 5) is 14.4. The SMILES string of the molecule is Cc1ccc(CN2C(=O)CNc3cc4c(cc32)CCCC4)cc1. The van der Waals surface area contributed by atoms with Gasteiger partial charge in [0.1, 0.15) is 0 Å². The number of aryl methyl sites for hydroxylation is 3. The molecule has 1 N–H and O–H groups in total. The van der Waals surface area contributed by atoms with Gasteiger partial charge in [-0.1, -0.05) is 29.8 Å². The summed E-state index contributed by atoms with van der Waals surface area (Å²) < 4.78 is 0. The van der Waals surface area contributed by atoms with E-state index in [2.05, 4.69) is 48.6 Å². The third-order valence-corrected chi connectivity index (χ3v) is 4.94. The normalized spacial score (nSPS) is 16.6. The molecule has 0 fully saturated rings. The number of amides is 1. The zero-order chi connectivity index (χ0) is 15.8. The third-order valence-electron chi connectivity index (χ3n) is 4.94. The van der Waals surface area contributed by atoms with Crippen LogP contribution in [0.25, 0.3) is 0 Å². The summed E-state index contributed by atoms with van der Waals surface area (Å²) in [6.07, 6.45) is 4.83. The molecular weight excluding hydrogens is 284 g/mol. The van der Waals surface area contributed by atoms with Crippen molar-refractivity contribution in [3.8, 4) is 0 Å². The number of carbonyl (C=O) groups excluding carboxylic acids is 1. The Hall–Kier alpha value is -2.29. The van der Waals surface area contributed by atoms with Crippen molar-refractivity contribution in [1.82, 2.24) is 0 Å². The van der Waals surface area contributed by atoms with E-state index in [0.29, 0.717) is 13.1 Å². The van der Waals surface area contributed by atoms with Gasteiger partial charge in [0, 0.05) is 0 Å². The summed E-state index contributed by atoms with van der Waals surface area (Å²) in [5.74, 6) is 0.147. The van der Waals surface area contributed by atoms with Crippen molar-refractivity contribution < 1.29 is 4.79 Å². The fraction of sp³-hybridized carbons (Fsp3) is 0.350. The molecule has 0 aromatic heterocycles. The predicted molar refractivity (Wildman–Crippen MR) is 93.9 cm³/mol. The number of rotatable bonds is 2. The molecule has 2 aliphatic rings. The van der Waals surface area contributed by atoms with Crippen molar-refractivity contribution >= 4 is 17.3 Å². The van der Waals surface area contributed by atoms with Crippen LogP contribution in [0, 0.1) is 6.92 Å². The van der Waals surface area contributed by atoms with Crippen LogP contribution in [0.1, 0.15) is 35.1 Å². The molecule has 1 amide bonds. The number of hydrogen-bond acceptors (Lipinski definition) is 2. The van der Waals surface area contributed by atoms with Crippen molar-refractivity contribution in [2.24, 2.45) is 0 Å². The molecule has 0 unspecified atom stereocenters. The standard InChI is InChI=1S/C20H22N2O/c1-14-6-8-15(9-7-14)13-22-19-11-17-5-3-2-4-16(17)10-18(19)21-12-20(22)23/h6-11,21H,2-5,12-13H2,1H3. The number of fused-ring (bicyclic) bond motifs is 2. The van der Waals surface area contributed by atoms with Gasteiger partial charge < -0.3 is 10.2 Å². The van der Waals surface area contributed by atoms with E-state index in [4.69, 9.17) is 0 Å². The molecule has 1 heterocycles. The summed E-state index contributed by atoms with van der Waals surface area (Å²) in [5.41, 5.74) is 7.44. The molecule has 0 atom stereocenters. The molecule has 3 heteroatoms. The molecule has 3 nitrogen and oxygen atoms in total. The topological polar surface area (TPSA) is 32.3 Å². The monoisotopic (exact) mass is 306 g/mol. The maximum absolute atomic E-state index is 12.5. The number of carbonyl (C=O) groups is 1. The van der Waals surface area contributed by atoms with Gasteiger partial charge in [0.25, 0.3) is 0 Å². The number of hydrogen-bond donors (Lipinski definition) is 1. The van der Waals surface area contributed by atoms with E-state index in [0.717, 1.165) is 24.2 Å². The third kappa shape index (κ3) is 2.72. The Morgan fingerprint density at radius 2 is 1.74 bits per heavy atom. The molecule has 0 radical (unpaired) electrons. The Morgan fingerprint density at radius 1 is 1.04 bits per heavy atom. The number of nitrogens with zero attached hydrogens (tertiary/aromatic N) is 1. The Morgan fingerprint density at radius 3 is 2.48 bits per heavy atom. The van der Waals surface area contributed by atoms with E-state index in [1.165, 1.54) is 35.1 Å². The molecule has 0 saturated heterocycles. The van der Waals surface area contributed by atoms with E-state index in [1.807, 2.05) is 4.90 Å². The molecule has 2 aromatic rings. The van der Waals surface area contributed by atoms with Crippen LogP contribution < -0.4 is 10.2 Å². The number of benzene rings is 2. The van der Waals surface area contributed by atoms with E-state index in [1.54, 1.807) is 0 Å². The van der Waals surface area contributed by atoms with Crippen molar-refractivity contribution in [3.63, 3.8) is 0 Å². The van der Waals surface area contributed by atoms with Gasteiger partial charge in [0.05, 0.1) is 24.5 Å². The van der Waals surface area contributed by atoms with E-state index < -0.39 is 0 Å². The first-order chi connectivity index (χ1) is 11.2. The van der Waals surface area contributed by atoms with Crippen LogP contribution in [0.5, 0.6) is 0 Å². The van der Waals surface area contributed by atoms with Crippen LogP contribution in [0.2, 0.25) is 0 Å². The van der Waals surface area contributed by atoms with E-state index in [-0.39, 0.29) is 5.91 Å². The van der Waals surface area contributed by atoms with Crippen LogP contribution in [0.15, 0.2) is 36.4 Å². The summed E-state index contributed by atoms with van der Waals surface area (Å²) in [6, 6.07) is 12.9. The molecule has 0 bridgehead atoms. The Labute approximate surface area is 137 Å². The Kier molecular flexibility index (Phi) is 3.56.